The average Bonchev–Trinajstić information content (AvgIpc) is 2.60. The minimum Gasteiger partial charge on any atom is -0.484 e. The maximum atomic E-state index is 13.3. The van der Waals surface area contributed by atoms with Gasteiger partial charge in [0, 0.05) is 26.1 Å². The normalized spacial score (nSPS) is 22.8. The quantitative estimate of drug-likeness (QED) is 0.843. The van der Waals surface area contributed by atoms with E-state index in [0.29, 0.717) is 30.9 Å². The SMILES string of the molecule is CC(=O)N1CC(C)(C)Oc2ccc(S(=O)(=O)N3CCCCC3CCO)cc21. The van der Waals surface area contributed by atoms with Crippen molar-refractivity contribution in [2.45, 2.75) is 63.0 Å². The van der Waals surface area contributed by atoms with Gasteiger partial charge < -0.3 is 14.7 Å². The molecule has 7 nitrogen and oxygen atoms in total. The van der Waals surface area contributed by atoms with E-state index in [-0.39, 0.29) is 23.5 Å². The summed E-state index contributed by atoms with van der Waals surface area (Å²) in [4.78, 5) is 13.9. The Bertz CT molecular complexity index is 819. The maximum absolute atomic E-state index is 13.3. The van der Waals surface area contributed by atoms with E-state index >= 15 is 0 Å². The highest BCUT2D eigenvalue weighted by Gasteiger charge is 2.37. The van der Waals surface area contributed by atoms with Gasteiger partial charge in [0.25, 0.3) is 0 Å². The second-order valence-corrected chi connectivity index (χ2v) is 9.76. The van der Waals surface area contributed by atoms with Crippen LogP contribution in [0.1, 0.15) is 46.5 Å². The zero-order valence-corrected chi connectivity index (χ0v) is 17.0. The summed E-state index contributed by atoms with van der Waals surface area (Å²) in [6, 6.07) is 4.51. The molecule has 1 saturated heterocycles. The van der Waals surface area contributed by atoms with E-state index in [0.717, 1.165) is 19.3 Å². The van der Waals surface area contributed by atoms with Crippen molar-refractivity contribution in [1.29, 1.82) is 0 Å². The zero-order chi connectivity index (χ0) is 19.8. The Balaban J connectivity index is 2.00. The minimum atomic E-state index is -3.72. The summed E-state index contributed by atoms with van der Waals surface area (Å²) in [6.45, 7) is 6.02. The van der Waals surface area contributed by atoms with Crippen LogP contribution in [0.25, 0.3) is 0 Å². The van der Waals surface area contributed by atoms with Crippen molar-refractivity contribution in [2.75, 3.05) is 24.6 Å². The Kier molecular flexibility index (Phi) is 5.52. The van der Waals surface area contributed by atoms with E-state index in [1.54, 1.807) is 17.0 Å². The van der Waals surface area contributed by atoms with Crippen LogP contribution >= 0.6 is 0 Å². The van der Waals surface area contributed by atoms with Gasteiger partial charge in [0.05, 0.1) is 17.1 Å². The fraction of sp³-hybridized carbons (Fsp3) is 0.632. The topological polar surface area (TPSA) is 87.2 Å². The Morgan fingerprint density at radius 1 is 1.33 bits per heavy atom. The number of nitrogens with zero attached hydrogens (tertiary/aromatic N) is 2. The minimum absolute atomic E-state index is 0.0398. The summed E-state index contributed by atoms with van der Waals surface area (Å²) < 4.78 is 34.0. The standard InChI is InChI=1S/C19H28N2O5S/c1-14(23)20-13-19(2,3)26-18-8-7-16(12-17(18)20)27(24,25)21-10-5-4-6-15(21)9-11-22/h7-8,12,15,22H,4-6,9-11,13H2,1-3H3. The predicted octanol–water partition coefficient (Wildman–Crippen LogP) is 2.14. The molecule has 1 fully saturated rings. The molecular formula is C19H28N2O5S. The molecule has 1 unspecified atom stereocenters. The van der Waals surface area contributed by atoms with Crippen LogP contribution < -0.4 is 9.64 Å². The van der Waals surface area contributed by atoms with E-state index in [9.17, 15) is 18.3 Å². The smallest absolute Gasteiger partial charge is 0.243 e. The van der Waals surface area contributed by atoms with Crippen molar-refractivity contribution >= 4 is 21.6 Å². The molecule has 2 aliphatic rings. The first kappa shape index (κ1) is 20.1. The third-order valence-corrected chi connectivity index (χ3v) is 7.12. The predicted molar refractivity (Wildman–Crippen MR) is 102 cm³/mol. The number of hydrogen-bond acceptors (Lipinski definition) is 5. The van der Waals surface area contributed by atoms with Crippen molar-refractivity contribution in [1.82, 2.24) is 4.31 Å². The summed E-state index contributed by atoms with van der Waals surface area (Å²) in [6.07, 6.45) is 2.95. The van der Waals surface area contributed by atoms with Gasteiger partial charge in [-0.3, -0.25) is 4.79 Å². The van der Waals surface area contributed by atoms with Crippen LogP contribution in [-0.4, -0.2) is 55.1 Å². The van der Waals surface area contributed by atoms with Crippen molar-refractivity contribution in [3.63, 3.8) is 0 Å². The number of amides is 1. The van der Waals surface area contributed by atoms with Crippen LogP contribution in [0.3, 0.4) is 0 Å². The number of rotatable bonds is 4. The first-order valence-corrected chi connectivity index (χ1v) is 10.8. The van der Waals surface area contributed by atoms with Crippen LogP contribution in [0.15, 0.2) is 23.1 Å². The molecule has 1 atom stereocenters. The van der Waals surface area contributed by atoms with Gasteiger partial charge in [-0.15, -0.1) is 0 Å². The van der Waals surface area contributed by atoms with Crippen molar-refractivity contribution < 1.29 is 23.1 Å². The summed E-state index contributed by atoms with van der Waals surface area (Å²) in [5.74, 6) is 0.351. The second-order valence-electron chi connectivity index (χ2n) is 7.87. The van der Waals surface area contributed by atoms with Gasteiger partial charge in [-0.1, -0.05) is 6.42 Å². The third-order valence-electron chi connectivity index (χ3n) is 5.17. The lowest BCUT2D eigenvalue weighted by atomic mass is 10.0. The molecule has 0 saturated carbocycles. The highest BCUT2D eigenvalue weighted by atomic mass is 32.2. The molecule has 0 radical (unpaired) electrons. The Morgan fingerprint density at radius 2 is 2.07 bits per heavy atom. The van der Waals surface area contributed by atoms with E-state index < -0.39 is 15.6 Å². The first-order chi connectivity index (χ1) is 12.7. The highest BCUT2D eigenvalue weighted by molar-refractivity contribution is 7.89. The number of carbonyl (C=O) groups excluding carboxylic acids is 1. The fourth-order valence-electron chi connectivity index (χ4n) is 3.90. The molecule has 3 rings (SSSR count). The number of sulfonamides is 1. The van der Waals surface area contributed by atoms with Gasteiger partial charge in [0.1, 0.15) is 11.4 Å². The molecule has 150 valence electrons. The molecule has 2 heterocycles. The number of aliphatic hydroxyl groups is 1. The lowest BCUT2D eigenvalue weighted by Crippen LogP contribution is -2.49. The van der Waals surface area contributed by atoms with Crippen molar-refractivity contribution in [3.05, 3.63) is 18.2 Å². The number of ether oxygens (including phenoxy) is 1. The average molecular weight is 397 g/mol. The number of benzene rings is 1. The van der Waals surface area contributed by atoms with Crippen LogP contribution in [-0.2, 0) is 14.8 Å². The van der Waals surface area contributed by atoms with E-state index in [1.165, 1.54) is 17.3 Å². The van der Waals surface area contributed by atoms with E-state index in [1.807, 2.05) is 13.8 Å². The van der Waals surface area contributed by atoms with Crippen LogP contribution in [0, 0.1) is 0 Å². The van der Waals surface area contributed by atoms with E-state index in [2.05, 4.69) is 0 Å². The molecule has 27 heavy (non-hydrogen) atoms. The lowest BCUT2D eigenvalue weighted by Gasteiger charge is -2.40. The number of piperidine rings is 1. The second kappa shape index (κ2) is 7.41. The fourth-order valence-corrected chi connectivity index (χ4v) is 5.64. The van der Waals surface area contributed by atoms with Gasteiger partial charge in [0.2, 0.25) is 15.9 Å². The first-order valence-electron chi connectivity index (χ1n) is 9.39. The number of anilines is 1. The Morgan fingerprint density at radius 3 is 2.74 bits per heavy atom. The monoisotopic (exact) mass is 396 g/mol. The third kappa shape index (κ3) is 3.97. The summed E-state index contributed by atoms with van der Waals surface area (Å²) in [7, 11) is -3.72. The molecule has 0 aliphatic carbocycles. The lowest BCUT2D eigenvalue weighted by molar-refractivity contribution is -0.117. The molecule has 0 bridgehead atoms. The van der Waals surface area contributed by atoms with Gasteiger partial charge >= 0.3 is 0 Å². The summed E-state index contributed by atoms with van der Waals surface area (Å²) >= 11 is 0. The number of carbonyl (C=O) groups is 1. The van der Waals surface area contributed by atoms with Crippen LogP contribution in [0.4, 0.5) is 5.69 Å². The van der Waals surface area contributed by atoms with E-state index in [4.69, 9.17) is 4.74 Å². The maximum Gasteiger partial charge on any atom is 0.243 e. The van der Waals surface area contributed by atoms with Gasteiger partial charge in [0.15, 0.2) is 0 Å². The molecule has 2 aliphatic heterocycles. The largest absolute Gasteiger partial charge is 0.484 e. The zero-order valence-electron chi connectivity index (χ0n) is 16.1. The highest BCUT2D eigenvalue weighted by Crippen LogP contribution is 2.39. The van der Waals surface area contributed by atoms with Gasteiger partial charge in [-0.05, 0) is 51.3 Å². The van der Waals surface area contributed by atoms with Crippen molar-refractivity contribution in [2.24, 2.45) is 0 Å². The molecule has 1 amide bonds. The van der Waals surface area contributed by atoms with Crippen LogP contribution in [0.2, 0.25) is 0 Å². The molecule has 1 aromatic rings. The number of fused-ring (bicyclic) bond motifs is 1. The number of hydrogen-bond donors (Lipinski definition) is 1. The van der Waals surface area contributed by atoms with Gasteiger partial charge in [-0.2, -0.15) is 4.31 Å². The molecular weight excluding hydrogens is 368 g/mol. The van der Waals surface area contributed by atoms with Crippen molar-refractivity contribution in [3.8, 4) is 5.75 Å². The molecule has 0 spiro atoms. The van der Waals surface area contributed by atoms with Crippen LogP contribution in [0.5, 0.6) is 5.75 Å². The summed E-state index contributed by atoms with van der Waals surface area (Å²) in [5, 5.41) is 9.29. The molecule has 8 heteroatoms. The van der Waals surface area contributed by atoms with Gasteiger partial charge in [-0.25, -0.2) is 8.42 Å². The molecule has 0 aromatic heterocycles. The Hall–Kier alpha value is -1.64. The molecule has 1 aromatic carbocycles. The Labute approximate surface area is 161 Å². The summed E-state index contributed by atoms with van der Waals surface area (Å²) in [5.41, 5.74) is -0.0587. The molecule has 1 N–H and O–H groups in total. The number of aliphatic hydroxyl groups excluding tert-OH is 1.